The highest BCUT2D eigenvalue weighted by molar-refractivity contribution is 7.30. The normalized spacial score (nSPS) is 11.8. The minimum Gasteiger partial charge on any atom is -0.143 e. The molecule has 0 aliphatic carbocycles. The minimum absolute atomic E-state index is 1.17. The van der Waals surface area contributed by atoms with Crippen molar-refractivity contribution in [2.24, 2.45) is 0 Å². The van der Waals surface area contributed by atoms with E-state index in [0.29, 0.717) is 0 Å². The summed E-state index contributed by atoms with van der Waals surface area (Å²) in [6.45, 7) is 13.3. The van der Waals surface area contributed by atoms with Crippen LogP contribution in [0.25, 0.3) is 69.6 Å². The van der Waals surface area contributed by atoms with Crippen molar-refractivity contribution in [2.45, 2.75) is 92.9 Å². The molecule has 0 nitrogen and oxygen atoms in total. The Kier molecular flexibility index (Phi) is 10.6. The van der Waals surface area contributed by atoms with Crippen LogP contribution in [-0.2, 0) is 25.7 Å². The molecule has 0 aliphatic rings. The van der Waals surface area contributed by atoms with Crippen LogP contribution in [0.15, 0.2) is 59.3 Å². The number of benzene rings is 2. The lowest BCUT2D eigenvalue weighted by atomic mass is 9.96. The average molecular weight is 741 g/mol. The largest absolute Gasteiger partial charge is 0.143 e. The van der Waals surface area contributed by atoms with Crippen LogP contribution in [0.2, 0.25) is 0 Å². The first-order chi connectivity index (χ1) is 23.6. The number of fused-ring (bicyclic) bond motifs is 6. The third kappa shape index (κ3) is 5.95. The third-order valence-corrected chi connectivity index (χ3v) is 16.2. The molecule has 0 fully saturated rings. The lowest BCUT2D eigenvalue weighted by molar-refractivity contribution is 0.877. The summed E-state index contributed by atoms with van der Waals surface area (Å²) in [4.78, 5) is 8.37. The summed E-state index contributed by atoms with van der Waals surface area (Å²) < 4.78 is 6.08. The monoisotopic (exact) mass is 740 g/mol. The van der Waals surface area contributed by atoms with Crippen LogP contribution in [0.5, 0.6) is 0 Å². The summed E-state index contributed by atoms with van der Waals surface area (Å²) in [7, 11) is 0. The van der Waals surface area contributed by atoms with E-state index in [-0.39, 0.29) is 0 Å². The van der Waals surface area contributed by atoms with Crippen LogP contribution in [-0.4, -0.2) is 0 Å². The molecule has 0 spiro atoms. The maximum Gasteiger partial charge on any atom is 0.0455 e. The van der Waals surface area contributed by atoms with E-state index in [2.05, 4.69) is 87.0 Å². The molecule has 6 aromatic heterocycles. The first-order valence-electron chi connectivity index (χ1n) is 17.7. The topological polar surface area (TPSA) is 0 Å². The number of hydrogen-bond donors (Lipinski definition) is 0. The third-order valence-electron chi connectivity index (χ3n) is 9.14. The molecule has 0 radical (unpaired) electrons. The molecule has 6 heteroatoms. The first-order valence-corrected chi connectivity index (χ1v) is 22.8. The van der Waals surface area contributed by atoms with Gasteiger partial charge in [-0.05, 0) is 107 Å². The molecule has 0 saturated heterocycles. The van der Waals surface area contributed by atoms with Gasteiger partial charge in [0.2, 0.25) is 0 Å². The molecule has 48 heavy (non-hydrogen) atoms. The molecule has 8 rings (SSSR count). The Labute approximate surface area is 309 Å². The van der Waals surface area contributed by atoms with Gasteiger partial charge in [-0.25, -0.2) is 0 Å². The van der Waals surface area contributed by atoms with Crippen molar-refractivity contribution in [3.63, 3.8) is 0 Å². The van der Waals surface area contributed by atoms with Crippen LogP contribution < -0.4 is 0 Å². The minimum atomic E-state index is 1.17. The van der Waals surface area contributed by atoms with E-state index in [1.54, 1.807) is 22.3 Å². The highest BCUT2D eigenvalue weighted by Gasteiger charge is 2.21. The van der Waals surface area contributed by atoms with Crippen molar-refractivity contribution in [1.29, 1.82) is 0 Å². The Balaban J connectivity index is 0.00000179. The van der Waals surface area contributed by atoms with Crippen LogP contribution in [0.4, 0.5) is 0 Å². The number of thiophene rings is 6. The second kappa shape index (κ2) is 14.9. The smallest absolute Gasteiger partial charge is 0.0455 e. The summed E-state index contributed by atoms with van der Waals surface area (Å²) in [5, 5.41) is 10.4. The van der Waals surface area contributed by atoms with Crippen molar-refractivity contribution in [3.05, 3.63) is 81.5 Å². The van der Waals surface area contributed by atoms with Crippen LogP contribution >= 0.6 is 68.0 Å². The average Bonchev–Trinajstić information content (AvgIpc) is 3.93. The van der Waals surface area contributed by atoms with Crippen molar-refractivity contribution < 1.29 is 0 Å². The summed E-state index contributed by atoms with van der Waals surface area (Å²) >= 11 is 11.8. The lowest BCUT2D eigenvalue weighted by Gasteiger charge is -2.12. The standard InChI is InChI=1S/C40H38S6.C2H6/c1-5-9-23-25(11-7-3)39-29(27-17-19-41-37(23)27)21-35(45-39)33-15-13-31(43-33)32-14-16-34(44-32)36-22-30-28-18-20-42-38(28)24(10-6-2)26(12-8-4)40(30)46-36;1-2/h13-22H,5-12H2,1-4H3;1-2H3. The van der Waals surface area contributed by atoms with Crippen LogP contribution in [0, 0.1) is 0 Å². The van der Waals surface area contributed by atoms with Gasteiger partial charge in [0.05, 0.1) is 0 Å². The van der Waals surface area contributed by atoms with Gasteiger partial charge in [0, 0.05) is 69.6 Å². The number of rotatable bonds is 11. The molecule has 0 unspecified atom stereocenters. The maximum atomic E-state index is 2.49. The van der Waals surface area contributed by atoms with E-state index in [4.69, 9.17) is 0 Å². The van der Waals surface area contributed by atoms with E-state index in [0.717, 1.165) is 0 Å². The molecule has 0 amide bonds. The van der Waals surface area contributed by atoms with E-state index in [9.17, 15) is 0 Å². The van der Waals surface area contributed by atoms with E-state index in [1.807, 2.05) is 81.9 Å². The quantitative estimate of drug-likeness (QED) is 0.124. The van der Waals surface area contributed by atoms with Crippen molar-refractivity contribution >= 4 is 108 Å². The van der Waals surface area contributed by atoms with Gasteiger partial charge in [0.1, 0.15) is 0 Å². The second-order valence-corrected chi connectivity index (χ2v) is 18.4. The second-order valence-electron chi connectivity index (χ2n) is 12.3. The highest BCUT2D eigenvalue weighted by atomic mass is 32.1. The van der Waals surface area contributed by atoms with Crippen LogP contribution in [0.3, 0.4) is 0 Å². The Morgan fingerprint density at radius 3 is 1.06 bits per heavy atom. The van der Waals surface area contributed by atoms with Gasteiger partial charge in [-0.2, -0.15) is 0 Å². The zero-order valence-corrected chi connectivity index (χ0v) is 33.8. The first kappa shape index (κ1) is 34.1. The molecular weight excluding hydrogens is 697 g/mol. The van der Waals surface area contributed by atoms with Crippen molar-refractivity contribution in [2.75, 3.05) is 0 Å². The van der Waals surface area contributed by atoms with Gasteiger partial charge in [-0.1, -0.05) is 67.2 Å². The molecule has 2 aromatic carbocycles. The summed E-state index contributed by atoms with van der Waals surface area (Å²) in [6, 6.07) is 19.1. The number of aryl methyl sites for hydroxylation is 4. The molecule has 8 aromatic rings. The fourth-order valence-corrected chi connectivity index (χ4v) is 14.0. The molecule has 0 N–H and O–H groups in total. The summed E-state index contributed by atoms with van der Waals surface area (Å²) in [6.07, 6.45) is 9.48. The molecular formula is C42H44S6. The molecule has 0 bridgehead atoms. The van der Waals surface area contributed by atoms with Crippen molar-refractivity contribution in [3.8, 4) is 29.3 Å². The zero-order chi connectivity index (χ0) is 33.4. The Bertz CT molecular complexity index is 2160. The number of hydrogen-bond acceptors (Lipinski definition) is 6. The van der Waals surface area contributed by atoms with Crippen molar-refractivity contribution in [1.82, 2.24) is 0 Å². The van der Waals surface area contributed by atoms with Crippen LogP contribution in [0.1, 0.15) is 89.5 Å². The predicted octanol–water partition coefficient (Wildman–Crippen LogP) is 16.5. The fourth-order valence-electron chi connectivity index (χ4n) is 7.19. The molecule has 248 valence electrons. The van der Waals surface area contributed by atoms with E-state index in [1.165, 1.54) is 121 Å². The predicted molar refractivity (Wildman–Crippen MR) is 227 cm³/mol. The molecule has 0 atom stereocenters. The Hall–Kier alpha value is -2.32. The molecule has 0 saturated carbocycles. The Morgan fingerprint density at radius 1 is 0.375 bits per heavy atom. The zero-order valence-electron chi connectivity index (χ0n) is 28.9. The van der Waals surface area contributed by atoms with Gasteiger partial charge in [-0.3, -0.25) is 0 Å². The summed E-state index contributed by atoms with van der Waals surface area (Å²) in [5.74, 6) is 0. The lowest BCUT2D eigenvalue weighted by Crippen LogP contribution is -1.95. The highest BCUT2D eigenvalue weighted by Crippen LogP contribution is 2.49. The molecule has 6 heterocycles. The van der Waals surface area contributed by atoms with Gasteiger partial charge in [0.25, 0.3) is 0 Å². The van der Waals surface area contributed by atoms with Gasteiger partial charge < -0.3 is 0 Å². The summed E-state index contributed by atoms with van der Waals surface area (Å²) in [5.41, 5.74) is 6.43. The van der Waals surface area contributed by atoms with Gasteiger partial charge in [-0.15, -0.1) is 68.0 Å². The van der Waals surface area contributed by atoms with E-state index < -0.39 is 0 Å². The molecule has 0 aliphatic heterocycles. The van der Waals surface area contributed by atoms with E-state index >= 15 is 0 Å². The van der Waals surface area contributed by atoms with Gasteiger partial charge in [0.15, 0.2) is 0 Å². The SMILES string of the molecule is CC.CCCc1c(CCC)c2sc(-c3ccc(-c4ccc(-c5cc6c(s5)c(CCC)c(CCC)c5sccc56)s4)s3)cc2c2ccsc12. The maximum absolute atomic E-state index is 2.49. The fraction of sp³-hybridized carbons (Fsp3) is 0.333. The van der Waals surface area contributed by atoms with Gasteiger partial charge >= 0.3 is 0 Å². The Morgan fingerprint density at radius 2 is 0.708 bits per heavy atom.